The maximum Gasteiger partial charge on any atom is 0.336 e. The summed E-state index contributed by atoms with van der Waals surface area (Å²) in [5.41, 5.74) is 0.816. The average Bonchev–Trinajstić information content (AvgIpc) is 2.71. The zero-order valence-electron chi connectivity index (χ0n) is 11.7. The first-order chi connectivity index (χ1) is 9.74. The molecular formula is C13H14N2O5S. The zero-order chi connectivity index (χ0) is 15.8. The standard InChI is InChI=1S/C13H14N2O5S/c1-7-10(13(16)17)5-4-6-11(7)15-21(18,19)12-8(2)14-20-9(12)3/h4-6,15H,1-3H3,(H,16,17). The second-order valence-corrected chi connectivity index (χ2v) is 6.16. The molecule has 0 saturated heterocycles. The summed E-state index contributed by atoms with van der Waals surface area (Å²) in [4.78, 5) is 11.0. The molecule has 8 heteroatoms. The van der Waals surface area contributed by atoms with Crippen molar-refractivity contribution in [3.05, 3.63) is 40.8 Å². The maximum atomic E-state index is 12.4. The third-order valence-corrected chi connectivity index (χ3v) is 4.65. The largest absolute Gasteiger partial charge is 0.478 e. The summed E-state index contributed by atoms with van der Waals surface area (Å²) in [6.07, 6.45) is 0. The summed E-state index contributed by atoms with van der Waals surface area (Å²) >= 11 is 0. The zero-order valence-corrected chi connectivity index (χ0v) is 12.5. The molecule has 21 heavy (non-hydrogen) atoms. The molecule has 0 aliphatic carbocycles. The van der Waals surface area contributed by atoms with Crippen LogP contribution in [0.15, 0.2) is 27.6 Å². The summed E-state index contributed by atoms with van der Waals surface area (Å²) in [5, 5.41) is 12.7. The van der Waals surface area contributed by atoms with Gasteiger partial charge >= 0.3 is 5.97 Å². The summed E-state index contributed by atoms with van der Waals surface area (Å²) in [6.45, 7) is 4.55. The first-order valence-corrected chi connectivity index (χ1v) is 7.51. The molecule has 7 nitrogen and oxygen atoms in total. The first kappa shape index (κ1) is 15.0. The molecule has 1 heterocycles. The van der Waals surface area contributed by atoms with Gasteiger partial charge < -0.3 is 9.63 Å². The van der Waals surface area contributed by atoms with Crippen LogP contribution in [0, 0.1) is 20.8 Å². The Labute approximate surface area is 121 Å². The molecule has 0 amide bonds. The number of hydrogen-bond acceptors (Lipinski definition) is 5. The number of nitrogens with zero attached hydrogens (tertiary/aromatic N) is 1. The van der Waals surface area contributed by atoms with Gasteiger partial charge in [-0.1, -0.05) is 11.2 Å². The van der Waals surface area contributed by atoms with Crippen molar-refractivity contribution in [1.82, 2.24) is 5.16 Å². The minimum atomic E-state index is -3.90. The number of carboxylic acid groups (broad SMARTS) is 1. The SMILES string of the molecule is Cc1noc(C)c1S(=O)(=O)Nc1cccc(C(=O)O)c1C. The molecule has 0 aliphatic rings. The fourth-order valence-electron chi connectivity index (χ4n) is 2.03. The number of benzene rings is 1. The van der Waals surface area contributed by atoms with Crippen LogP contribution in [-0.4, -0.2) is 24.7 Å². The molecule has 0 radical (unpaired) electrons. The predicted molar refractivity (Wildman–Crippen MR) is 74.9 cm³/mol. The van der Waals surface area contributed by atoms with Crippen molar-refractivity contribution < 1.29 is 22.8 Å². The Bertz CT molecular complexity index is 788. The van der Waals surface area contributed by atoms with Gasteiger partial charge in [-0.15, -0.1) is 0 Å². The number of aromatic nitrogens is 1. The van der Waals surface area contributed by atoms with Gasteiger partial charge in [0.05, 0.1) is 11.3 Å². The summed E-state index contributed by atoms with van der Waals surface area (Å²) < 4.78 is 32.0. The number of carbonyl (C=O) groups is 1. The highest BCUT2D eigenvalue weighted by Gasteiger charge is 2.25. The fourth-order valence-corrected chi connectivity index (χ4v) is 3.49. The predicted octanol–water partition coefficient (Wildman–Crippen LogP) is 2.10. The van der Waals surface area contributed by atoms with Gasteiger partial charge in [0, 0.05) is 0 Å². The minimum absolute atomic E-state index is 0.0361. The quantitative estimate of drug-likeness (QED) is 0.895. The maximum absolute atomic E-state index is 12.4. The van der Waals surface area contributed by atoms with Gasteiger partial charge in [0.1, 0.15) is 5.69 Å². The van der Waals surface area contributed by atoms with E-state index >= 15 is 0 Å². The lowest BCUT2D eigenvalue weighted by Gasteiger charge is -2.11. The topological polar surface area (TPSA) is 110 Å². The second-order valence-electron chi connectivity index (χ2n) is 4.54. The van der Waals surface area contributed by atoms with E-state index in [0.29, 0.717) is 5.56 Å². The van der Waals surface area contributed by atoms with E-state index in [0.717, 1.165) is 0 Å². The third kappa shape index (κ3) is 2.75. The number of carboxylic acids is 1. The van der Waals surface area contributed by atoms with Crippen LogP contribution in [0.2, 0.25) is 0 Å². The van der Waals surface area contributed by atoms with Crippen LogP contribution >= 0.6 is 0 Å². The molecule has 2 aromatic rings. The Morgan fingerprint density at radius 3 is 2.48 bits per heavy atom. The lowest BCUT2D eigenvalue weighted by Crippen LogP contribution is -2.16. The molecule has 0 saturated carbocycles. The monoisotopic (exact) mass is 310 g/mol. The number of sulfonamides is 1. The van der Waals surface area contributed by atoms with Crippen molar-refractivity contribution in [2.75, 3.05) is 4.72 Å². The molecule has 112 valence electrons. The van der Waals surface area contributed by atoms with Crippen LogP contribution in [-0.2, 0) is 10.0 Å². The van der Waals surface area contributed by atoms with E-state index in [1.807, 2.05) is 0 Å². The van der Waals surface area contributed by atoms with Gasteiger partial charge in [-0.25, -0.2) is 13.2 Å². The van der Waals surface area contributed by atoms with Crippen molar-refractivity contribution in [2.24, 2.45) is 0 Å². The van der Waals surface area contributed by atoms with Gasteiger partial charge in [0.25, 0.3) is 10.0 Å². The van der Waals surface area contributed by atoms with Crippen LogP contribution in [0.3, 0.4) is 0 Å². The lowest BCUT2D eigenvalue weighted by molar-refractivity contribution is 0.0696. The Balaban J connectivity index is 2.48. The first-order valence-electron chi connectivity index (χ1n) is 6.02. The Morgan fingerprint density at radius 1 is 1.29 bits per heavy atom. The average molecular weight is 310 g/mol. The van der Waals surface area contributed by atoms with E-state index in [2.05, 4.69) is 9.88 Å². The van der Waals surface area contributed by atoms with Gasteiger partial charge in [-0.3, -0.25) is 4.72 Å². The van der Waals surface area contributed by atoms with Gasteiger partial charge in [0.2, 0.25) is 0 Å². The van der Waals surface area contributed by atoms with Crippen molar-refractivity contribution in [3.8, 4) is 0 Å². The van der Waals surface area contributed by atoms with Crippen molar-refractivity contribution in [2.45, 2.75) is 25.7 Å². The highest BCUT2D eigenvalue weighted by atomic mass is 32.2. The Hall–Kier alpha value is -2.35. The molecule has 1 aromatic heterocycles. The second kappa shape index (κ2) is 5.21. The van der Waals surface area contributed by atoms with Crippen LogP contribution in [0.5, 0.6) is 0 Å². The van der Waals surface area contributed by atoms with E-state index < -0.39 is 16.0 Å². The fraction of sp³-hybridized carbons (Fsp3) is 0.231. The van der Waals surface area contributed by atoms with Gasteiger partial charge in [0.15, 0.2) is 10.7 Å². The summed E-state index contributed by atoms with van der Waals surface area (Å²) in [5.74, 6) is -0.946. The van der Waals surface area contributed by atoms with Gasteiger partial charge in [-0.05, 0) is 38.5 Å². The molecule has 1 aromatic carbocycles. The highest BCUT2D eigenvalue weighted by molar-refractivity contribution is 7.92. The number of aromatic carboxylic acids is 1. The van der Waals surface area contributed by atoms with Crippen LogP contribution in [0.1, 0.15) is 27.4 Å². The number of rotatable bonds is 4. The van der Waals surface area contributed by atoms with Crippen LogP contribution < -0.4 is 4.72 Å². The smallest absolute Gasteiger partial charge is 0.336 e. The van der Waals surface area contributed by atoms with E-state index in [1.54, 1.807) is 0 Å². The molecule has 0 unspecified atom stereocenters. The number of hydrogen-bond donors (Lipinski definition) is 2. The van der Waals surface area contributed by atoms with Crippen LogP contribution in [0.25, 0.3) is 0 Å². The Kier molecular flexibility index (Phi) is 3.73. The lowest BCUT2D eigenvalue weighted by atomic mass is 10.1. The molecule has 2 rings (SSSR count). The van der Waals surface area contributed by atoms with Crippen LogP contribution in [0.4, 0.5) is 5.69 Å². The van der Waals surface area contributed by atoms with E-state index in [4.69, 9.17) is 9.63 Å². The molecule has 0 bridgehead atoms. The summed E-state index contributed by atoms with van der Waals surface area (Å²) in [6, 6.07) is 4.38. The number of anilines is 1. The van der Waals surface area contributed by atoms with E-state index in [-0.39, 0.29) is 27.6 Å². The van der Waals surface area contributed by atoms with Crippen molar-refractivity contribution in [3.63, 3.8) is 0 Å². The van der Waals surface area contributed by atoms with Crippen molar-refractivity contribution >= 4 is 21.7 Å². The molecular weight excluding hydrogens is 296 g/mol. The number of nitrogens with one attached hydrogen (secondary N) is 1. The molecule has 2 N–H and O–H groups in total. The normalized spacial score (nSPS) is 11.4. The molecule has 0 aliphatic heterocycles. The number of aryl methyl sites for hydroxylation is 2. The van der Waals surface area contributed by atoms with Gasteiger partial charge in [-0.2, -0.15) is 0 Å². The Morgan fingerprint density at radius 2 is 1.95 bits per heavy atom. The minimum Gasteiger partial charge on any atom is -0.478 e. The van der Waals surface area contributed by atoms with Crippen molar-refractivity contribution in [1.29, 1.82) is 0 Å². The van der Waals surface area contributed by atoms with E-state index in [9.17, 15) is 13.2 Å². The molecule has 0 fully saturated rings. The molecule has 0 spiro atoms. The van der Waals surface area contributed by atoms with E-state index in [1.165, 1.54) is 39.0 Å². The summed E-state index contributed by atoms with van der Waals surface area (Å²) in [7, 11) is -3.90. The molecule has 0 atom stereocenters. The third-order valence-electron chi connectivity index (χ3n) is 3.05. The highest BCUT2D eigenvalue weighted by Crippen LogP contribution is 2.25.